The Morgan fingerprint density at radius 2 is 2.11 bits per heavy atom. The molecule has 0 unspecified atom stereocenters. The quantitative estimate of drug-likeness (QED) is 0.881. The summed E-state index contributed by atoms with van der Waals surface area (Å²) in [6.45, 7) is 2.94. The molecule has 1 aromatic rings. The highest BCUT2D eigenvalue weighted by Crippen LogP contribution is 2.36. The van der Waals surface area contributed by atoms with Crippen LogP contribution in [0.2, 0.25) is 0 Å². The van der Waals surface area contributed by atoms with Crippen molar-refractivity contribution in [3.05, 3.63) is 35.4 Å². The van der Waals surface area contributed by atoms with Crippen LogP contribution in [0.4, 0.5) is 0 Å². The Morgan fingerprint density at radius 1 is 1.37 bits per heavy atom. The Bertz CT molecular complexity index is 436. The minimum Gasteiger partial charge on any atom is -0.349 e. The summed E-state index contributed by atoms with van der Waals surface area (Å²) in [6, 6.07) is 9.38. The zero-order valence-electron chi connectivity index (χ0n) is 12.1. The molecule has 1 aliphatic carbocycles. The number of benzene rings is 1. The molecule has 1 aliphatic rings. The summed E-state index contributed by atoms with van der Waals surface area (Å²) in [6.07, 6.45) is 2.98. The van der Waals surface area contributed by atoms with E-state index >= 15 is 0 Å². The highest BCUT2D eigenvalue weighted by molar-refractivity contribution is 5.75. The van der Waals surface area contributed by atoms with Gasteiger partial charge < -0.3 is 10.2 Å². The Balaban J connectivity index is 1.68. The summed E-state index contributed by atoms with van der Waals surface area (Å²) < 4.78 is 0. The maximum Gasteiger partial charge on any atom is 0.223 e. The van der Waals surface area contributed by atoms with Crippen LogP contribution in [0, 0.1) is 6.92 Å². The van der Waals surface area contributed by atoms with E-state index in [-0.39, 0.29) is 5.91 Å². The van der Waals surface area contributed by atoms with Crippen molar-refractivity contribution in [1.82, 2.24) is 10.2 Å². The Labute approximate surface area is 116 Å². The van der Waals surface area contributed by atoms with Gasteiger partial charge in [0, 0.05) is 33.1 Å². The van der Waals surface area contributed by atoms with Gasteiger partial charge >= 0.3 is 0 Å². The van der Waals surface area contributed by atoms with Gasteiger partial charge in [-0.15, -0.1) is 0 Å². The number of carbonyl (C=O) groups excluding carboxylic acids is 1. The molecule has 19 heavy (non-hydrogen) atoms. The van der Waals surface area contributed by atoms with Gasteiger partial charge in [-0.05, 0) is 31.2 Å². The van der Waals surface area contributed by atoms with Gasteiger partial charge in [-0.25, -0.2) is 0 Å². The minimum absolute atomic E-state index is 0.196. The molecule has 0 saturated heterocycles. The van der Waals surface area contributed by atoms with Crippen molar-refractivity contribution in [1.29, 1.82) is 0 Å². The van der Waals surface area contributed by atoms with Crippen LogP contribution < -0.4 is 5.32 Å². The van der Waals surface area contributed by atoms with E-state index in [1.54, 1.807) is 19.0 Å². The number of hydrogen-bond acceptors (Lipinski definition) is 2. The zero-order valence-corrected chi connectivity index (χ0v) is 12.1. The lowest BCUT2D eigenvalue weighted by Gasteiger charge is -2.36. The van der Waals surface area contributed by atoms with Crippen molar-refractivity contribution in [2.45, 2.75) is 38.1 Å². The van der Waals surface area contributed by atoms with Crippen LogP contribution in [-0.2, 0) is 4.79 Å². The van der Waals surface area contributed by atoms with Crippen LogP contribution >= 0.6 is 0 Å². The molecule has 1 N–H and O–H groups in total. The van der Waals surface area contributed by atoms with Crippen molar-refractivity contribution in [3.63, 3.8) is 0 Å². The van der Waals surface area contributed by atoms with E-state index in [0.29, 0.717) is 18.4 Å². The molecule has 0 radical (unpaired) electrons. The van der Waals surface area contributed by atoms with Gasteiger partial charge in [-0.3, -0.25) is 4.79 Å². The van der Waals surface area contributed by atoms with E-state index < -0.39 is 0 Å². The molecule has 0 atom stereocenters. The number of amides is 1. The van der Waals surface area contributed by atoms with Crippen molar-refractivity contribution < 1.29 is 4.79 Å². The first-order valence-corrected chi connectivity index (χ1v) is 7.06. The highest BCUT2D eigenvalue weighted by Gasteiger charge is 2.29. The van der Waals surface area contributed by atoms with Crippen molar-refractivity contribution in [2.75, 3.05) is 20.6 Å². The predicted molar refractivity (Wildman–Crippen MR) is 78.3 cm³/mol. The standard InChI is InChI=1S/C16H24N2O/c1-12-5-4-6-13(9-12)14-10-15(11-14)17-8-7-16(19)18(2)3/h4-6,9,14-15,17H,7-8,10-11H2,1-3H3. The topological polar surface area (TPSA) is 32.3 Å². The number of rotatable bonds is 5. The second-order valence-corrected chi connectivity index (χ2v) is 5.77. The van der Waals surface area contributed by atoms with Crippen LogP contribution in [0.3, 0.4) is 0 Å². The van der Waals surface area contributed by atoms with Crippen LogP contribution in [0.25, 0.3) is 0 Å². The first kappa shape index (κ1) is 14.1. The average molecular weight is 260 g/mol. The number of carbonyl (C=O) groups is 1. The molecule has 0 spiro atoms. The summed E-state index contributed by atoms with van der Waals surface area (Å²) in [7, 11) is 3.61. The molecular weight excluding hydrogens is 236 g/mol. The highest BCUT2D eigenvalue weighted by atomic mass is 16.2. The molecule has 1 saturated carbocycles. The van der Waals surface area contributed by atoms with Gasteiger partial charge in [0.15, 0.2) is 0 Å². The Morgan fingerprint density at radius 3 is 2.74 bits per heavy atom. The summed E-state index contributed by atoms with van der Waals surface area (Å²) in [5.74, 6) is 0.893. The fraction of sp³-hybridized carbons (Fsp3) is 0.562. The number of nitrogens with one attached hydrogen (secondary N) is 1. The van der Waals surface area contributed by atoms with Gasteiger partial charge in [-0.2, -0.15) is 0 Å². The van der Waals surface area contributed by atoms with Crippen LogP contribution in [0.15, 0.2) is 24.3 Å². The van der Waals surface area contributed by atoms with Gasteiger partial charge in [0.05, 0.1) is 0 Å². The lowest BCUT2D eigenvalue weighted by molar-refractivity contribution is -0.128. The lowest BCUT2D eigenvalue weighted by atomic mass is 9.75. The van der Waals surface area contributed by atoms with Crippen LogP contribution in [0.1, 0.15) is 36.3 Å². The predicted octanol–water partition coefficient (Wildman–Crippen LogP) is 2.31. The monoisotopic (exact) mass is 260 g/mol. The number of hydrogen-bond donors (Lipinski definition) is 1. The van der Waals surface area contributed by atoms with E-state index in [4.69, 9.17) is 0 Å². The number of nitrogens with zero attached hydrogens (tertiary/aromatic N) is 1. The van der Waals surface area contributed by atoms with E-state index in [2.05, 4.69) is 36.5 Å². The second kappa shape index (κ2) is 6.20. The molecule has 0 heterocycles. The largest absolute Gasteiger partial charge is 0.349 e. The molecule has 104 valence electrons. The summed E-state index contributed by atoms with van der Waals surface area (Å²) in [5, 5.41) is 3.47. The van der Waals surface area contributed by atoms with E-state index in [1.165, 1.54) is 24.0 Å². The molecule has 1 fully saturated rings. The van der Waals surface area contributed by atoms with Crippen LogP contribution in [-0.4, -0.2) is 37.5 Å². The SMILES string of the molecule is Cc1cccc(C2CC(NCCC(=O)N(C)C)C2)c1. The number of aryl methyl sites for hydroxylation is 1. The smallest absolute Gasteiger partial charge is 0.223 e. The van der Waals surface area contributed by atoms with Gasteiger partial charge in [0.25, 0.3) is 0 Å². The summed E-state index contributed by atoms with van der Waals surface area (Å²) in [4.78, 5) is 13.1. The van der Waals surface area contributed by atoms with Crippen molar-refractivity contribution in [2.24, 2.45) is 0 Å². The van der Waals surface area contributed by atoms with E-state index in [9.17, 15) is 4.79 Å². The van der Waals surface area contributed by atoms with Gasteiger partial charge in [0.2, 0.25) is 5.91 Å². The fourth-order valence-electron chi connectivity index (χ4n) is 2.59. The molecule has 2 rings (SSSR count). The molecule has 0 bridgehead atoms. The van der Waals surface area contributed by atoms with E-state index in [0.717, 1.165) is 6.54 Å². The maximum absolute atomic E-state index is 11.4. The van der Waals surface area contributed by atoms with Gasteiger partial charge in [0.1, 0.15) is 0 Å². The third-order valence-corrected chi connectivity index (χ3v) is 3.92. The summed E-state index contributed by atoms with van der Waals surface area (Å²) >= 11 is 0. The minimum atomic E-state index is 0.196. The average Bonchev–Trinajstić information content (AvgIpc) is 2.31. The first-order valence-electron chi connectivity index (χ1n) is 7.06. The first-order chi connectivity index (χ1) is 9.06. The molecule has 1 amide bonds. The fourth-order valence-corrected chi connectivity index (χ4v) is 2.59. The normalized spacial score (nSPS) is 21.8. The van der Waals surface area contributed by atoms with Crippen molar-refractivity contribution in [3.8, 4) is 0 Å². The Kier molecular flexibility index (Phi) is 4.59. The molecule has 0 aliphatic heterocycles. The lowest BCUT2D eigenvalue weighted by Crippen LogP contribution is -2.41. The second-order valence-electron chi connectivity index (χ2n) is 5.77. The van der Waals surface area contributed by atoms with E-state index in [1.807, 2.05) is 0 Å². The van der Waals surface area contributed by atoms with Crippen molar-refractivity contribution >= 4 is 5.91 Å². The third kappa shape index (κ3) is 3.80. The molecule has 1 aromatic carbocycles. The van der Waals surface area contributed by atoms with Crippen LogP contribution in [0.5, 0.6) is 0 Å². The molecular formula is C16H24N2O. The maximum atomic E-state index is 11.4. The zero-order chi connectivity index (χ0) is 13.8. The third-order valence-electron chi connectivity index (χ3n) is 3.92. The molecule has 0 aromatic heterocycles. The van der Waals surface area contributed by atoms with Gasteiger partial charge in [-0.1, -0.05) is 29.8 Å². The Hall–Kier alpha value is -1.35. The molecule has 3 heteroatoms. The summed E-state index contributed by atoms with van der Waals surface area (Å²) in [5.41, 5.74) is 2.80. The molecule has 3 nitrogen and oxygen atoms in total.